The largest absolute Gasteiger partial charge is 0.480 e. The highest BCUT2D eigenvalue weighted by atomic mass is 32.3. The Bertz CT molecular complexity index is 1300. The molecule has 2 rings (SSSR count). The van der Waals surface area contributed by atoms with E-state index in [2.05, 4.69) is 10.3 Å². The Labute approximate surface area is 205 Å². The SMILES string of the molecule is Cc1ccc(NC(=O)OCC[n+]2ccccc2)cc1N=C=O.O=S(=O)([N-]S(=O)(=O)C(F)(F)F)C(F)(F)F. The van der Waals surface area contributed by atoms with Crippen molar-refractivity contribution in [2.24, 2.45) is 4.99 Å². The van der Waals surface area contributed by atoms with Crippen molar-refractivity contribution in [1.82, 2.24) is 0 Å². The number of benzene rings is 1. The quantitative estimate of drug-likeness (QED) is 0.228. The normalized spacial score (nSPS) is 12.0. The van der Waals surface area contributed by atoms with E-state index in [4.69, 9.17) is 4.74 Å². The first-order valence-electron chi connectivity index (χ1n) is 9.33. The van der Waals surface area contributed by atoms with Gasteiger partial charge in [-0.15, -0.1) is 0 Å². The third kappa shape index (κ3) is 10.2. The molecule has 1 aromatic carbocycles. The number of ether oxygens (including phenoxy) is 1. The van der Waals surface area contributed by atoms with Crippen LogP contribution in [0.3, 0.4) is 0 Å². The number of aliphatic imine (C=N–C) groups is 1. The second-order valence-corrected chi connectivity index (χ2v) is 9.92. The lowest BCUT2D eigenvalue weighted by atomic mass is 10.2. The molecule has 0 saturated heterocycles. The zero-order chi connectivity index (χ0) is 28.5. The number of nitrogens with zero attached hydrogens (tertiary/aromatic N) is 3. The fourth-order valence-corrected chi connectivity index (χ4v) is 3.76. The Morgan fingerprint density at radius 3 is 2.05 bits per heavy atom. The van der Waals surface area contributed by atoms with Crippen molar-refractivity contribution in [1.29, 1.82) is 0 Å². The highest BCUT2D eigenvalue weighted by molar-refractivity contribution is 8.13. The fourth-order valence-electron chi connectivity index (χ4n) is 2.05. The van der Waals surface area contributed by atoms with Crippen molar-refractivity contribution < 1.29 is 62.1 Å². The van der Waals surface area contributed by atoms with E-state index >= 15 is 0 Å². The fraction of sp³-hybridized carbons (Fsp3) is 0.278. The van der Waals surface area contributed by atoms with E-state index in [0.29, 0.717) is 17.9 Å². The molecule has 1 aromatic heterocycles. The molecule has 0 bridgehead atoms. The molecule has 19 heteroatoms. The van der Waals surface area contributed by atoms with E-state index in [9.17, 15) is 52.8 Å². The van der Waals surface area contributed by atoms with Crippen LogP contribution in [-0.4, -0.2) is 46.6 Å². The molecular weight excluding hydrogens is 562 g/mol. The molecule has 0 atom stereocenters. The summed E-state index contributed by atoms with van der Waals surface area (Å²) in [5.41, 5.74) is -10.6. The molecule has 2 aromatic rings. The minimum atomic E-state index is -6.72. The Balaban J connectivity index is 0.000000401. The van der Waals surface area contributed by atoms with Gasteiger partial charge in [0.25, 0.3) is 0 Å². The van der Waals surface area contributed by atoms with E-state index in [0.717, 1.165) is 9.69 Å². The van der Waals surface area contributed by atoms with Gasteiger partial charge in [-0.1, -0.05) is 12.1 Å². The molecule has 0 fully saturated rings. The number of hydrogen-bond donors (Lipinski definition) is 1. The monoisotopic (exact) mass is 578 g/mol. The van der Waals surface area contributed by atoms with Crippen molar-refractivity contribution in [3.05, 3.63) is 58.5 Å². The summed E-state index contributed by atoms with van der Waals surface area (Å²) >= 11 is 0. The standard InChI is InChI=1S/C16H15N3O3.C2F6NO4S2/c1-13-5-6-14(11-15(13)17-12-20)18-16(21)22-10-9-19-7-3-2-4-8-19;3-1(4,5)14(10,11)9-15(12,13)2(6,7)8/h2-8,11H,9-10H2,1H3;/q;-1/p+1. The molecule has 0 aliphatic rings. The van der Waals surface area contributed by atoms with Gasteiger partial charge in [-0.05, 0) is 24.6 Å². The number of alkyl halides is 6. The van der Waals surface area contributed by atoms with Crippen LogP contribution < -0.4 is 9.88 Å². The molecule has 0 spiro atoms. The summed E-state index contributed by atoms with van der Waals surface area (Å²) in [4.78, 5) is 25.6. The van der Waals surface area contributed by atoms with E-state index < -0.39 is 37.2 Å². The third-order valence-corrected chi connectivity index (χ3v) is 6.50. The van der Waals surface area contributed by atoms with Crippen LogP contribution in [0.25, 0.3) is 4.13 Å². The minimum absolute atomic E-state index is 0.256. The summed E-state index contributed by atoms with van der Waals surface area (Å²) < 4.78 is 116. The number of carbonyl (C=O) groups excluding carboxylic acids is 2. The Morgan fingerprint density at radius 1 is 1.03 bits per heavy atom. The lowest BCUT2D eigenvalue weighted by Crippen LogP contribution is -2.35. The third-order valence-electron chi connectivity index (χ3n) is 3.76. The van der Waals surface area contributed by atoms with E-state index in [1.165, 1.54) is 6.08 Å². The summed E-state index contributed by atoms with van der Waals surface area (Å²) in [6.45, 7) is 2.64. The van der Waals surface area contributed by atoms with Crippen molar-refractivity contribution >= 4 is 43.6 Å². The summed E-state index contributed by atoms with van der Waals surface area (Å²) in [5.74, 6) is 0. The zero-order valence-electron chi connectivity index (χ0n) is 18.3. The Kier molecular flexibility index (Phi) is 10.7. The number of amides is 1. The van der Waals surface area contributed by atoms with Gasteiger partial charge in [0, 0.05) is 17.8 Å². The molecular formula is C18H16F6N4O7S2. The van der Waals surface area contributed by atoms with Crippen LogP contribution in [0, 0.1) is 6.92 Å². The molecule has 1 N–H and O–H groups in total. The number of nitrogens with one attached hydrogen (secondary N) is 1. The van der Waals surface area contributed by atoms with Gasteiger partial charge in [-0.25, -0.2) is 31.0 Å². The zero-order valence-corrected chi connectivity index (χ0v) is 19.9. The molecule has 0 aliphatic heterocycles. The highest BCUT2D eigenvalue weighted by Gasteiger charge is 2.46. The van der Waals surface area contributed by atoms with Crippen LogP contribution >= 0.6 is 0 Å². The summed E-state index contributed by atoms with van der Waals surface area (Å²) in [5, 5.41) is 2.59. The van der Waals surface area contributed by atoms with Crippen molar-refractivity contribution in [2.75, 3.05) is 11.9 Å². The molecule has 1 amide bonds. The number of sulfonamides is 2. The number of anilines is 1. The van der Waals surface area contributed by atoms with Gasteiger partial charge >= 0.3 is 17.1 Å². The van der Waals surface area contributed by atoms with Crippen LogP contribution in [0.5, 0.6) is 0 Å². The molecule has 204 valence electrons. The number of carbonyl (C=O) groups is 1. The van der Waals surface area contributed by atoms with Gasteiger partial charge < -0.3 is 8.86 Å². The predicted molar refractivity (Wildman–Crippen MR) is 114 cm³/mol. The van der Waals surface area contributed by atoms with Gasteiger partial charge in [-0.3, -0.25) is 5.32 Å². The van der Waals surface area contributed by atoms with Crippen molar-refractivity contribution in [2.45, 2.75) is 24.5 Å². The lowest BCUT2D eigenvalue weighted by molar-refractivity contribution is -0.697. The maximum absolute atomic E-state index is 11.7. The number of rotatable bonds is 7. The van der Waals surface area contributed by atoms with Crippen molar-refractivity contribution in [3.8, 4) is 0 Å². The van der Waals surface area contributed by atoms with E-state index in [-0.39, 0.29) is 6.61 Å². The van der Waals surface area contributed by atoms with Crippen LogP contribution in [0.4, 0.5) is 42.5 Å². The van der Waals surface area contributed by atoms with Crippen LogP contribution in [-0.2, 0) is 36.1 Å². The number of aromatic nitrogens is 1. The van der Waals surface area contributed by atoms with Gasteiger partial charge in [0.15, 0.2) is 45.6 Å². The summed E-state index contributed by atoms with van der Waals surface area (Å²) in [6.07, 6.45) is 4.72. The summed E-state index contributed by atoms with van der Waals surface area (Å²) in [7, 11) is -13.4. The molecule has 0 saturated carbocycles. The maximum atomic E-state index is 11.7. The van der Waals surface area contributed by atoms with Gasteiger partial charge in [-0.2, -0.15) is 31.3 Å². The number of halogens is 6. The predicted octanol–water partition coefficient (Wildman–Crippen LogP) is 3.56. The Morgan fingerprint density at radius 2 is 1.57 bits per heavy atom. The number of aryl methyl sites for hydroxylation is 1. The van der Waals surface area contributed by atoms with Crippen LogP contribution in [0.2, 0.25) is 0 Å². The highest BCUT2D eigenvalue weighted by Crippen LogP contribution is 2.36. The molecule has 0 radical (unpaired) electrons. The minimum Gasteiger partial charge on any atom is -0.443 e. The molecule has 0 unspecified atom stereocenters. The Hall–Kier alpha value is -3.54. The molecule has 11 nitrogen and oxygen atoms in total. The maximum Gasteiger partial charge on any atom is 0.480 e. The average Bonchev–Trinajstić information content (AvgIpc) is 2.75. The lowest BCUT2D eigenvalue weighted by Gasteiger charge is -2.22. The number of pyridine rings is 1. The molecule has 0 aliphatic carbocycles. The first-order valence-corrected chi connectivity index (χ1v) is 12.2. The van der Waals surface area contributed by atoms with Gasteiger partial charge in [0.05, 0.1) is 5.69 Å². The first kappa shape index (κ1) is 31.5. The smallest absolute Gasteiger partial charge is 0.443 e. The number of isocyanates is 1. The summed E-state index contributed by atoms with van der Waals surface area (Å²) in [6, 6.07) is 10.8. The molecule has 37 heavy (non-hydrogen) atoms. The second kappa shape index (κ2) is 12.6. The first-order chi connectivity index (χ1) is 16.9. The van der Waals surface area contributed by atoms with Crippen LogP contribution in [0.15, 0.2) is 53.8 Å². The topological polar surface area (TPSA) is 154 Å². The van der Waals surface area contributed by atoms with Crippen molar-refractivity contribution in [3.63, 3.8) is 0 Å². The van der Waals surface area contributed by atoms with E-state index in [1.807, 2.05) is 42.1 Å². The number of hydrogen-bond acceptors (Lipinski definition) is 8. The van der Waals surface area contributed by atoms with Gasteiger partial charge in [0.1, 0.15) is 0 Å². The average molecular weight is 578 g/mol. The molecule has 1 heterocycles. The second-order valence-electron chi connectivity index (χ2n) is 6.49. The van der Waals surface area contributed by atoms with Gasteiger partial charge in [0.2, 0.25) is 6.08 Å². The van der Waals surface area contributed by atoms with E-state index in [1.54, 1.807) is 18.2 Å². The van der Waals surface area contributed by atoms with Crippen LogP contribution in [0.1, 0.15) is 5.56 Å².